The molecule has 0 spiro atoms. The zero-order valence-electron chi connectivity index (χ0n) is 17.3. The van der Waals surface area contributed by atoms with E-state index >= 15 is 0 Å². The van der Waals surface area contributed by atoms with E-state index in [4.69, 9.17) is 14.7 Å². The van der Waals surface area contributed by atoms with Gasteiger partial charge in [-0.2, -0.15) is 10.4 Å². The smallest absolute Gasteiger partial charge is 0.277 e. The number of ether oxygens (including phenoxy) is 2. The van der Waals surface area contributed by atoms with E-state index in [-0.39, 0.29) is 19.1 Å². The van der Waals surface area contributed by atoms with Crippen molar-refractivity contribution >= 4 is 17.5 Å². The number of carbonyl (C=O) groups is 2. The summed E-state index contributed by atoms with van der Waals surface area (Å²) in [6, 6.07) is 15.8. The lowest BCUT2D eigenvalue weighted by Gasteiger charge is -2.15. The Bertz CT molecular complexity index is 989. The van der Waals surface area contributed by atoms with Gasteiger partial charge in [-0.3, -0.25) is 9.59 Å². The summed E-state index contributed by atoms with van der Waals surface area (Å²) in [6.45, 7) is 3.14. The minimum absolute atomic E-state index is 0.00152. The van der Waals surface area contributed by atoms with Crippen molar-refractivity contribution in [1.82, 2.24) is 10.3 Å². The summed E-state index contributed by atoms with van der Waals surface area (Å²) in [4.78, 5) is 25.8. The standard InChI is InChI=1S/C23H24N4O4/c1-17(25-26-22(28)15-31-21-7-3-2-6-19(21)14-24)18-8-10-20(11-9-18)30-16-23(29)27-12-4-5-13-27/h2-3,6-11H,4-5,12-13,15-16H2,1H3,(H,26,28)/b25-17-. The maximum Gasteiger partial charge on any atom is 0.277 e. The zero-order chi connectivity index (χ0) is 22.1. The molecular weight excluding hydrogens is 396 g/mol. The number of nitrogens with one attached hydrogen (secondary N) is 1. The van der Waals surface area contributed by atoms with Crippen molar-refractivity contribution < 1.29 is 19.1 Å². The number of likely N-dealkylation sites (tertiary alicyclic amines) is 1. The van der Waals surface area contributed by atoms with E-state index in [1.165, 1.54) is 0 Å². The van der Waals surface area contributed by atoms with Gasteiger partial charge < -0.3 is 14.4 Å². The van der Waals surface area contributed by atoms with Gasteiger partial charge in [-0.05, 0) is 61.7 Å². The van der Waals surface area contributed by atoms with Crippen LogP contribution < -0.4 is 14.9 Å². The Kier molecular flexibility index (Phi) is 7.60. The average Bonchev–Trinajstić information content (AvgIpc) is 3.35. The number of hydrazone groups is 1. The van der Waals surface area contributed by atoms with Gasteiger partial charge in [0.1, 0.15) is 17.6 Å². The van der Waals surface area contributed by atoms with Gasteiger partial charge in [0.25, 0.3) is 11.8 Å². The third-order valence-electron chi connectivity index (χ3n) is 4.81. The summed E-state index contributed by atoms with van der Waals surface area (Å²) in [6.07, 6.45) is 2.10. The minimum Gasteiger partial charge on any atom is -0.484 e. The van der Waals surface area contributed by atoms with Gasteiger partial charge in [-0.15, -0.1) is 0 Å². The van der Waals surface area contributed by atoms with E-state index < -0.39 is 5.91 Å². The molecule has 31 heavy (non-hydrogen) atoms. The summed E-state index contributed by atoms with van der Waals surface area (Å²) >= 11 is 0. The maximum atomic E-state index is 12.0. The quantitative estimate of drug-likeness (QED) is 0.522. The molecule has 0 bridgehead atoms. The van der Waals surface area contributed by atoms with Crippen molar-refractivity contribution in [3.8, 4) is 17.6 Å². The summed E-state index contributed by atoms with van der Waals surface area (Å²) in [5.74, 6) is 0.506. The lowest BCUT2D eigenvalue weighted by atomic mass is 10.1. The first-order valence-corrected chi connectivity index (χ1v) is 10.0. The number of nitrogens with zero attached hydrogens (tertiary/aromatic N) is 3. The van der Waals surface area contributed by atoms with Gasteiger partial charge in [-0.1, -0.05) is 12.1 Å². The number of amides is 2. The molecule has 3 rings (SSSR count). The fourth-order valence-corrected chi connectivity index (χ4v) is 3.07. The largest absolute Gasteiger partial charge is 0.484 e. The highest BCUT2D eigenvalue weighted by molar-refractivity contribution is 5.99. The van der Waals surface area contributed by atoms with Gasteiger partial charge in [0.05, 0.1) is 11.3 Å². The van der Waals surface area contributed by atoms with Crippen LogP contribution in [-0.4, -0.2) is 48.7 Å². The molecule has 1 aliphatic heterocycles. The van der Waals surface area contributed by atoms with Crippen LogP contribution in [0.15, 0.2) is 53.6 Å². The topological polar surface area (TPSA) is 104 Å². The monoisotopic (exact) mass is 420 g/mol. The van der Waals surface area contributed by atoms with E-state index in [1.807, 2.05) is 11.0 Å². The van der Waals surface area contributed by atoms with E-state index in [1.54, 1.807) is 55.5 Å². The second-order valence-electron chi connectivity index (χ2n) is 7.03. The van der Waals surface area contributed by atoms with E-state index in [0.717, 1.165) is 31.5 Å². The fourth-order valence-electron chi connectivity index (χ4n) is 3.07. The molecule has 0 aliphatic carbocycles. The van der Waals surface area contributed by atoms with Crippen molar-refractivity contribution in [2.75, 3.05) is 26.3 Å². The van der Waals surface area contributed by atoms with Gasteiger partial charge in [0.15, 0.2) is 13.2 Å². The van der Waals surface area contributed by atoms with E-state index in [0.29, 0.717) is 22.8 Å². The van der Waals surface area contributed by atoms with Crippen LogP contribution in [0.5, 0.6) is 11.5 Å². The molecule has 1 fully saturated rings. The Morgan fingerprint density at radius 2 is 1.77 bits per heavy atom. The lowest BCUT2D eigenvalue weighted by Crippen LogP contribution is -2.32. The van der Waals surface area contributed by atoms with Crippen LogP contribution in [0.3, 0.4) is 0 Å². The Balaban J connectivity index is 1.46. The van der Waals surface area contributed by atoms with Gasteiger partial charge in [0.2, 0.25) is 0 Å². The fraction of sp³-hybridized carbons (Fsp3) is 0.304. The molecule has 0 atom stereocenters. The van der Waals surface area contributed by atoms with Crippen molar-refractivity contribution in [3.05, 3.63) is 59.7 Å². The molecule has 8 nitrogen and oxygen atoms in total. The Morgan fingerprint density at radius 3 is 2.48 bits per heavy atom. The predicted molar refractivity (Wildman–Crippen MR) is 115 cm³/mol. The van der Waals surface area contributed by atoms with Crippen molar-refractivity contribution in [1.29, 1.82) is 5.26 Å². The van der Waals surface area contributed by atoms with Gasteiger partial charge >= 0.3 is 0 Å². The van der Waals surface area contributed by atoms with Gasteiger partial charge in [0, 0.05) is 13.1 Å². The van der Waals surface area contributed by atoms with E-state index in [2.05, 4.69) is 10.5 Å². The first-order valence-electron chi connectivity index (χ1n) is 10.0. The first-order chi connectivity index (χ1) is 15.1. The molecule has 1 N–H and O–H groups in total. The number of hydrogen-bond donors (Lipinski definition) is 1. The van der Waals surface area contributed by atoms with Crippen LogP contribution in [0.4, 0.5) is 0 Å². The van der Waals surface area contributed by atoms with Crippen molar-refractivity contribution in [2.45, 2.75) is 19.8 Å². The van der Waals surface area contributed by atoms with Crippen LogP contribution in [-0.2, 0) is 9.59 Å². The predicted octanol–water partition coefficient (Wildman–Crippen LogP) is 2.48. The SMILES string of the molecule is C/C(=N/NC(=O)COc1ccccc1C#N)c1ccc(OCC(=O)N2CCCC2)cc1. The Labute approximate surface area is 181 Å². The molecule has 2 aromatic rings. The third kappa shape index (κ3) is 6.31. The molecule has 2 aromatic carbocycles. The third-order valence-corrected chi connectivity index (χ3v) is 4.81. The highest BCUT2D eigenvalue weighted by Crippen LogP contribution is 2.16. The number of para-hydroxylation sites is 1. The summed E-state index contributed by atoms with van der Waals surface area (Å²) in [5, 5.41) is 13.1. The highest BCUT2D eigenvalue weighted by Gasteiger charge is 2.18. The molecule has 1 saturated heterocycles. The highest BCUT2D eigenvalue weighted by atomic mass is 16.5. The number of nitriles is 1. The second-order valence-corrected chi connectivity index (χ2v) is 7.03. The molecule has 0 saturated carbocycles. The Morgan fingerprint density at radius 1 is 1.06 bits per heavy atom. The molecule has 0 radical (unpaired) electrons. The number of benzene rings is 2. The molecule has 1 aliphatic rings. The number of rotatable bonds is 8. The van der Waals surface area contributed by atoms with Crippen LogP contribution >= 0.6 is 0 Å². The molecule has 0 aromatic heterocycles. The molecule has 8 heteroatoms. The number of carbonyl (C=O) groups excluding carboxylic acids is 2. The van der Waals surface area contributed by atoms with Crippen LogP contribution in [0.25, 0.3) is 0 Å². The minimum atomic E-state index is -0.438. The molecule has 2 amide bonds. The first kappa shape index (κ1) is 21.8. The van der Waals surface area contributed by atoms with Crippen LogP contribution in [0.2, 0.25) is 0 Å². The summed E-state index contributed by atoms with van der Waals surface area (Å²) in [5.41, 5.74) is 4.20. The normalized spacial score (nSPS) is 13.4. The van der Waals surface area contributed by atoms with E-state index in [9.17, 15) is 9.59 Å². The van der Waals surface area contributed by atoms with Crippen LogP contribution in [0.1, 0.15) is 30.9 Å². The van der Waals surface area contributed by atoms with Crippen LogP contribution in [0, 0.1) is 11.3 Å². The van der Waals surface area contributed by atoms with Crippen molar-refractivity contribution in [2.24, 2.45) is 5.10 Å². The molecule has 1 heterocycles. The average molecular weight is 420 g/mol. The lowest BCUT2D eigenvalue weighted by molar-refractivity contribution is -0.132. The maximum absolute atomic E-state index is 12.0. The van der Waals surface area contributed by atoms with Crippen molar-refractivity contribution in [3.63, 3.8) is 0 Å². The van der Waals surface area contributed by atoms with Gasteiger partial charge in [-0.25, -0.2) is 5.43 Å². The molecule has 0 unspecified atom stereocenters. The Hall–Kier alpha value is -3.86. The second kappa shape index (κ2) is 10.8. The summed E-state index contributed by atoms with van der Waals surface area (Å²) < 4.78 is 10.9. The molecular formula is C23H24N4O4. The summed E-state index contributed by atoms with van der Waals surface area (Å²) in [7, 11) is 0. The molecule has 160 valence electrons. The zero-order valence-corrected chi connectivity index (χ0v) is 17.3. The number of hydrogen-bond acceptors (Lipinski definition) is 6.